The lowest BCUT2D eigenvalue weighted by atomic mass is 10.1. The maximum Gasteiger partial charge on any atom is 0.413 e. The van der Waals surface area contributed by atoms with E-state index >= 15 is 0 Å². The first-order valence-electron chi connectivity index (χ1n) is 7.45. The molecule has 0 fully saturated rings. The first kappa shape index (κ1) is 17.4. The molecule has 2 aromatic rings. The third kappa shape index (κ3) is 4.28. The molecule has 1 amide bonds. The second-order valence-corrected chi connectivity index (χ2v) is 5.39. The minimum absolute atomic E-state index is 0.000401. The van der Waals surface area contributed by atoms with E-state index in [1.54, 1.807) is 0 Å². The smallest absolute Gasteiger partial charge is 0.413 e. The Morgan fingerprint density at radius 1 is 1.33 bits per heavy atom. The summed E-state index contributed by atoms with van der Waals surface area (Å²) in [6.45, 7) is 5.68. The Bertz CT molecular complexity index is 711. The van der Waals surface area contributed by atoms with E-state index < -0.39 is 17.1 Å². The Labute approximate surface area is 138 Å². The largest absolute Gasteiger partial charge is 0.423 e. The number of hydrogen-bond donors (Lipinski definition) is 1. The lowest BCUT2D eigenvalue weighted by Gasteiger charge is -2.18. The first-order chi connectivity index (χ1) is 11.4. The van der Waals surface area contributed by atoms with E-state index in [1.165, 1.54) is 24.3 Å². The predicted molar refractivity (Wildman–Crippen MR) is 83.5 cm³/mol. The van der Waals surface area contributed by atoms with Gasteiger partial charge in [0.05, 0.1) is 4.92 Å². The highest BCUT2D eigenvalue weighted by Crippen LogP contribution is 2.22. The van der Waals surface area contributed by atoms with Crippen LogP contribution in [0.5, 0.6) is 5.75 Å². The number of hydrogen-bond acceptors (Lipinski definition) is 7. The van der Waals surface area contributed by atoms with Crippen LogP contribution in [0.2, 0.25) is 0 Å². The van der Waals surface area contributed by atoms with E-state index in [0.29, 0.717) is 18.2 Å². The fraction of sp³-hybridized carbons (Fsp3) is 0.400. The molecule has 1 atom stereocenters. The number of nitrogens with zero attached hydrogens (tertiary/aromatic N) is 3. The maximum atomic E-state index is 12.0. The Morgan fingerprint density at radius 3 is 2.50 bits per heavy atom. The van der Waals surface area contributed by atoms with Gasteiger partial charge >= 0.3 is 6.09 Å². The first-order valence-corrected chi connectivity index (χ1v) is 7.45. The molecule has 128 valence electrons. The summed E-state index contributed by atoms with van der Waals surface area (Å²) >= 11 is 0. The molecule has 2 rings (SSSR count). The van der Waals surface area contributed by atoms with Crippen LogP contribution in [0, 0.1) is 16.0 Å². The number of non-ortho nitro benzene ring substituents is 1. The van der Waals surface area contributed by atoms with Gasteiger partial charge in [-0.3, -0.25) is 10.1 Å². The molecule has 1 heterocycles. The number of nitro groups is 1. The summed E-state index contributed by atoms with van der Waals surface area (Å²) in [5.41, 5.74) is -0.0826. The molecule has 0 aliphatic heterocycles. The van der Waals surface area contributed by atoms with Crippen LogP contribution in [-0.4, -0.2) is 21.2 Å². The summed E-state index contributed by atoms with van der Waals surface area (Å²) in [5.74, 6) is 0.989. The lowest BCUT2D eigenvalue weighted by molar-refractivity contribution is -0.384. The van der Waals surface area contributed by atoms with Crippen molar-refractivity contribution in [2.24, 2.45) is 5.92 Å². The molecular formula is C15H18N4O5. The summed E-state index contributed by atoms with van der Waals surface area (Å²) < 4.78 is 10.6. The Morgan fingerprint density at radius 2 is 2.00 bits per heavy atom. The average Bonchev–Trinajstić information content (AvgIpc) is 3.01. The van der Waals surface area contributed by atoms with Crippen LogP contribution in [0.1, 0.15) is 38.6 Å². The molecular weight excluding hydrogens is 316 g/mol. The monoisotopic (exact) mass is 334 g/mol. The molecule has 0 saturated heterocycles. The van der Waals surface area contributed by atoms with Crippen molar-refractivity contribution in [1.29, 1.82) is 0 Å². The van der Waals surface area contributed by atoms with E-state index in [9.17, 15) is 14.9 Å². The molecule has 0 aliphatic carbocycles. The molecule has 0 radical (unpaired) electrons. The van der Waals surface area contributed by atoms with Crippen molar-refractivity contribution in [2.75, 3.05) is 0 Å². The number of amides is 1. The molecule has 9 heteroatoms. The van der Waals surface area contributed by atoms with Crippen molar-refractivity contribution < 1.29 is 18.9 Å². The topological polar surface area (TPSA) is 120 Å². The van der Waals surface area contributed by atoms with Gasteiger partial charge in [0.2, 0.25) is 11.8 Å². The van der Waals surface area contributed by atoms with Crippen LogP contribution in [-0.2, 0) is 6.42 Å². The Kier molecular flexibility index (Phi) is 5.46. The number of aryl methyl sites for hydroxylation is 1. The summed E-state index contributed by atoms with van der Waals surface area (Å²) in [6.07, 6.45) is -0.107. The van der Waals surface area contributed by atoms with Gasteiger partial charge in [0.25, 0.3) is 5.69 Å². The minimum atomic E-state index is -0.709. The van der Waals surface area contributed by atoms with Gasteiger partial charge in [-0.1, -0.05) is 20.8 Å². The number of rotatable bonds is 6. The Hall–Kier alpha value is -2.97. The number of nitrogens with one attached hydrogen (secondary N) is 1. The standard InChI is InChI=1S/C15H18N4O5/c1-4-12-17-18-14(24-12)13(9(2)3)16-15(20)23-11-7-5-10(6-8-11)19(21)22/h5-9,13H,4H2,1-3H3,(H,16,20). The molecule has 0 bridgehead atoms. The summed E-state index contributed by atoms with van der Waals surface area (Å²) in [4.78, 5) is 22.1. The number of aromatic nitrogens is 2. The number of benzene rings is 1. The zero-order valence-electron chi connectivity index (χ0n) is 13.6. The average molecular weight is 334 g/mol. The maximum absolute atomic E-state index is 12.0. The number of carbonyl (C=O) groups is 1. The van der Waals surface area contributed by atoms with Crippen molar-refractivity contribution >= 4 is 11.8 Å². The van der Waals surface area contributed by atoms with Crippen molar-refractivity contribution in [2.45, 2.75) is 33.2 Å². The molecule has 0 spiro atoms. The fourth-order valence-corrected chi connectivity index (χ4v) is 1.95. The van der Waals surface area contributed by atoms with Crippen molar-refractivity contribution in [1.82, 2.24) is 15.5 Å². The fourth-order valence-electron chi connectivity index (χ4n) is 1.95. The lowest BCUT2D eigenvalue weighted by Crippen LogP contribution is -2.34. The van der Waals surface area contributed by atoms with Gasteiger partial charge < -0.3 is 14.5 Å². The zero-order chi connectivity index (χ0) is 17.7. The molecule has 9 nitrogen and oxygen atoms in total. The van der Waals surface area contributed by atoms with Crippen LogP contribution in [0.15, 0.2) is 28.7 Å². The van der Waals surface area contributed by atoms with Crippen LogP contribution in [0.4, 0.5) is 10.5 Å². The van der Waals surface area contributed by atoms with Crippen molar-refractivity contribution in [3.05, 3.63) is 46.2 Å². The number of carbonyl (C=O) groups excluding carboxylic acids is 1. The van der Waals surface area contributed by atoms with Crippen molar-refractivity contribution in [3.8, 4) is 5.75 Å². The van der Waals surface area contributed by atoms with Gasteiger partial charge in [-0.2, -0.15) is 0 Å². The van der Waals surface area contributed by atoms with Crippen molar-refractivity contribution in [3.63, 3.8) is 0 Å². The van der Waals surface area contributed by atoms with E-state index in [4.69, 9.17) is 9.15 Å². The van der Waals surface area contributed by atoms with Crippen LogP contribution >= 0.6 is 0 Å². The SMILES string of the molecule is CCc1nnc(C(NC(=O)Oc2ccc([N+](=O)[O-])cc2)C(C)C)o1. The molecule has 1 unspecified atom stereocenters. The Balaban J connectivity index is 2.03. The molecule has 24 heavy (non-hydrogen) atoms. The van der Waals surface area contributed by atoms with Gasteiger partial charge in [-0.25, -0.2) is 4.79 Å². The van der Waals surface area contributed by atoms with Crippen LogP contribution in [0.25, 0.3) is 0 Å². The molecule has 1 N–H and O–H groups in total. The highest BCUT2D eigenvalue weighted by Gasteiger charge is 2.25. The van der Waals surface area contributed by atoms with Gasteiger partial charge in [-0.15, -0.1) is 10.2 Å². The molecule has 0 aliphatic rings. The molecule has 1 aromatic carbocycles. The summed E-state index contributed by atoms with van der Waals surface area (Å²) in [5, 5.41) is 21.1. The van der Waals surface area contributed by atoms with E-state index in [2.05, 4.69) is 15.5 Å². The van der Waals surface area contributed by atoms with Crippen LogP contribution in [0.3, 0.4) is 0 Å². The van der Waals surface area contributed by atoms with E-state index in [1.807, 2.05) is 20.8 Å². The second-order valence-electron chi connectivity index (χ2n) is 5.39. The molecule has 0 saturated carbocycles. The number of ether oxygens (including phenoxy) is 1. The third-order valence-corrected chi connectivity index (χ3v) is 3.25. The summed E-state index contributed by atoms with van der Waals surface area (Å²) in [7, 11) is 0. The highest BCUT2D eigenvalue weighted by molar-refractivity contribution is 5.70. The van der Waals surface area contributed by atoms with E-state index in [0.717, 1.165) is 0 Å². The predicted octanol–water partition coefficient (Wildman–Crippen LogP) is 3.03. The summed E-state index contributed by atoms with van der Waals surface area (Å²) in [6, 6.07) is 4.72. The second kappa shape index (κ2) is 7.53. The highest BCUT2D eigenvalue weighted by atomic mass is 16.6. The zero-order valence-corrected chi connectivity index (χ0v) is 13.6. The minimum Gasteiger partial charge on any atom is -0.423 e. The van der Waals surface area contributed by atoms with Crippen LogP contribution < -0.4 is 10.1 Å². The molecule has 1 aromatic heterocycles. The van der Waals surface area contributed by atoms with E-state index in [-0.39, 0.29) is 17.4 Å². The van der Waals surface area contributed by atoms with Gasteiger partial charge in [0.1, 0.15) is 11.8 Å². The number of nitro benzene ring substituents is 1. The van der Waals surface area contributed by atoms with Gasteiger partial charge in [0.15, 0.2) is 0 Å². The van der Waals surface area contributed by atoms with Gasteiger partial charge in [0, 0.05) is 18.6 Å². The van der Waals surface area contributed by atoms with Gasteiger partial charge in [-0.05, 0) is 18.1 Å². The quantitative estimate of drug-likeness (QED) is 0.636. The normalized spacial score (nSPS) is 12.0. The third-order valence-electron chi connectivity index (χ3n) is 3.25.